The fraction of sp³-hybridized carbons (Fsp3) is 0.625. The molecule has 0 aromatic heterocycles. The van der Waals surface area contributed by atoms with Crippen molar-refractivity contribution < 1.29 is 57.2 Å². The van der Waals surface area contributed by atoms with Gasteiger partial charge < -0.3 is 44.8 Å². The molecule has 0 heterocycles. The smallest absolute Gasteiger partial charge is 0.407 e. The maximum Gasteiger partial charge on any atom is 0.407 e. The Morgan fingerprint density at radius 1 is 0.545 bits per heavy atom. The zero-order chi connectivity index (χ0) is 49.7. The maximum atomic E-state index is 12.5. The summed E-state index contributed by atoms with van der Waals surface area (Å²) in [5.41, 5.74) is 5.53. The lowest BCUT2D eigenvalue weighted by molar-refractivity contribution is -0.159. The number of alkyl halides is 1. The van der Waals surface area contributed by atoms with Crippen LogP contribution < -0.4 is 21.7 Å². The molecule has 0 aliphatic carbocycles. The van der Waals surface area contributed by atoms with Crippen LogP contribution in [0.4, 0.5) is 9.59 Å². The Kier molecular flexibility index (Phi) is 31.9. The number of benzene rings is 2. The summed E-state index contributed by atoms with van der Waals surface area (Å²) in [5.74, 6) is -1.47. The van der Waals surface area contributed by atoms with Crippen molar-refractivity contribution in [2.75, 3.05) is 25.0 Å². The summed E-state index contributed by atoms with van der Waals surface area (Å²) in [6, 6.07) is 17.6. The number of ether oxygens (including phenoxy) is 6. The van der Waals surface area contributed by atoms with Gasteiger partial charge in [-0.2, -0.15) is 0 Å². The van der Waals surface area contributed by atoms with Crippen LogP contribution in [0.3, 0.4) is 0 Å². The van der Waals surface area contributed by atoms with E-state index in [0.717, 1.165) is 24.0 Å². The third-order valence-corrected chi connectivity index (χ3v) is 8.13. The number of hydrogen-bond donors (Lipinski definition) is 4. The molecule has 2 rings (SSSR count). The molecule has 0 aliphatic rings. The van der Waals surface area contributed by atoms with E-state index in [9.17, 15) is 28.8 Å². The van der Waals surface area contributed by atoms with Crippen LogP contribution in [0, 0.1) is 0 Å². The van der Waals surface area contributed by atoms with Crippen LogP contribution in [0.1, 0.15) is 133 Å². The Bertz CT molecular complexity index is 1690. The van der Waals surface area contributed by atoms with Crippen LogP contribution in [0.15, 0.2) is 60.7 Å². The van der Waals surface area contributed by atoms with E-state index < -0.39 is 59.0 Å². The Morgan fingerprint density at radius 2 is 0.924 bits per heavy atom. The van der Waals surface area contributed by atoms with Gasteiger partial charge in [0.2, 0.25) is 0 Å². The number of amides is 2. The number of unbranched alkanes of at least 4 members (excludes halogenated alkanes) is 2. The van der Waals surface area contributed by atoms with Crippen molar-refractivity contribution in [3.8, 4) is 0 Å². The van der Waals surface area contributed by atoms with Crippen molar-refractivity contribution >= 4 is 64.4 Å². The van der Waals surface area contributed by atoms with Gasteiger partial charge in [0.1, 0.15) is 53.0 Å². The first kappa shape index (κ1) is 63.6. The lowest BCUT2D eigenvalue weighted by atomic mass is 10.1. The van der Waals surface area contributed by atoms with Crippen molar-refractivity contribution in [3.05, 3.63) is 71.8 Å². The second-order valence-electron chi connectivity index (χ2n) is 18.9. The molecular formula is C48H78BrClN4O12. The van der Waals surface area contributed by atoms with Gasteiger partial charge in [-0.15, -0.1) is 12.4 Å². The summed E-state index contributed by atoms with van der Waals surface area (Å²) >= 11 is 2.99. The molecule has 0 bridgehead atoms. The van der Waals surface area contributed by atoms with E-state index in [4.69, 9.17) is 34.2 Å². The van der Waals surface area contributed by atoms with E-state index in [0.29, 0.717) is 38.8 Å². The van der Waals surface area contributed by atoms with Gasteiger partial charge in [0.15, 0.2) is 0 Å². The highest BCUT2D eigenvalue weighted by Crippen LogP contribution is 2.13. The number of nitrogens with one attached hydrogen (secondary N) is 3. The minimum absolute atomic E-state index is 0. The van der Waals surface area contributed by atoms with Crippen LogP contribution in [0.5, 0.6) is 0 Å². The highest BCUT2D eigenvalue weighted by molar-refractivity contribution is 9.09. The van der Waals surface area contributed by atoms with Crippen molar-refractivity contribution in [3.63, 3.8) is 0 Å². The van der Waals surface area contributed by atoms with Gasteiger partial charge in [-0.3, -0.25) is 24.5 Å². The zero-order valence-corrected chi connectivity index (χ0v) is 43.6. The molecule has 0 saturated heterocycles. The van der Waals surface area contributed by atoms with Gasteiger partial charge in [-0.25, -0.2) is 9.59 Å². The van der Waals surface area contributed by atoms with E-state index in [1.165, 1.54) is 0 Å². The number of carbonyl (C=O) groups is 6. The number of rotatable bonds is 20. The minimum Gasteiger partial charge on any atom is -0.459 e. The molecule has 0 aliphatic heterocycles. The highest BCUT2D eigenvalue weighted by atomic mass is 79.9. The molecule has 66 heavy (non-hydrogen) atoms. The second kappa shape index (κ2) is 33.1. The van der Waals surface area contributed by atoms with Gasteiger partial charge in [0, 0.05) is 13.1 Å². The van der Waals surface area contributed by atoms with Crippen LogP contribution in [0.2, 0.25) is 0 Å². The van der Waals surface area contributed by atoms with E-state index in [1.54, 1.807) is 41.5 Å². The van der Waals surface area contributed by atoms with Crippen LogP contribution >= 0.6 is 28.3 Å². The van der Waals surface area contributed by atoms with Gasteiger partial charge >= 0.3 is 36.1 Å². The normalized spacial score (nSPS) is 12.1. The Hall–Kier alpha value is -4.45. The second-order valence-corrected chi connectivity index (χ2v) is 19.4. The lowest BCUT2D eigenvalue weighted by Crippen LogP contribution is -2.44. The first-order valence-electron chi connectivity index (χ1n) is 21.9. The van der Waals surface area contributed by atoms with E-state index in [2.05, 4.69) is 31.9 Å². The number of carbonyl (C=O) groups excluding carboxylic acids is 6. The summed E-state index contributed by atoms with van der Waals surface area (Å²) in [5, 5.41) is 8.58. The SMILES string of the molecule is CC(C)(C)OC(=O)CBr.CC(C)(C)OC(=O)CN[C@H](CCCCNC(=O)OCc1ccccc1)C(=O)OC(C)(C)C.CC(C)(C)OC(=O)[C@H](N)CCCCNC(=O)OCc1ccccc1.Cl. The zero-order valence-electron chi connectivity index (χ0n) is 41.2. The minimum atomic E-state index is -0.647. The standard InChI is InChI=1S/C24H38N2O6.C18H28N2O4.C6H11BrO2.ClH/c1-23(2,3)31-20(27)16-26-19(21(28)32-24(4,5)6)14-10-11-15-25-22(29)30-17-18-12-8-7-9-13-18;1-18(2,3)24-16(21)15(19)11-7-8-12-20-17(22)23-13-14-9-5-4-6-10-14;1-6(2,3)9-5(8)4-7;/h7-9,12-13,19,26H,10-11,14-17H2,1-6H3,(H,25,29);4-6,9-10,15H,7-8,11-13,19H2,1-3H3,(H,20,22);4H2,1-3H3;1H/t19-;15-;;/m11../s1. The maximum absolute atomic E-state index is 12.5. The summed E-state index contributed by atoms with van der Waals surface area (Å²) in [6.07, 6.45) is 2.78. The Labute approximate surface area is 407 Å². The molecule has 18 heteroatoms. The number of nitrogens with two attached hydrogens (primary N) is 1. The fourth-order valence-electron chi connectivity index (χ4n) is 5.02. The topological polar surface area (TPSA) is 220 Å². The van der Waals surface area contributed by atoms with Crippen molar-refractivity contribution in [2.24, 2.45) is 5.73 Å². The first-order chi connectivity index (χ1) is 30.1. The summed E-state index contributed by atoms with van der Waals surface area (Å²) in [4.78, 5) is 70.1. The molecule has 0 radical (unpaired) electrons. The summed E-state index contributed by atoms with van der Waals surface area (Å²) in [6.45, 7) is 22.9. The largest absolute Gasteiger partial charge is 0.459 e. The molecule has 376 valence electrons. The lowest BCUT2D eigenvalue weighted by Gasteiger charge is -2.25. The molecule has 0 fully saturated rings. The monoisotopic (exact) mass is 1020 g/mol. The van der Waals surface area contributed by atoms with Gasteiger partial charge in [0.25, 0.3) is 0 Å². The molecule has 0 saturated carbocycles. The summed E-state index contributed by atoms with van der Waals surface area (Å²) < 4.78 is 31.1. The van der Waals surface area contributed by atoms with Crippen molar-refractivity contribution in [2.45, 2.75) is 169 Å². The third kappa shape index (κ3) is 38.8. The predicted molar refractivity (Wildman–Crippen MR) is 261 cm³/mol. The summed E-state index contributed by atoms with van der Waals surface area (Å²) in [7, 11) is 0. The quantitative estimate of drug-likeness (QED) is 0.0422. The Morgan fingerprint density at radius 3 is 1.30 bits per heavy atom. The molecule has 0 spiro atoms. The average Bonchev–Trinajstić information content (AvgIpc) is 3.18. The first-order valence-corrected chi connectivity index (χ1v) is 23.0. The molecule has 2 aromatic rings. The predicted octanol–water partition coefficient (Wildman–Crippen LogP) is 8.62. The molecule has 5 N–H and O–H groups in total. The van der Waals surface area contributed by atoms with E-state index >= 15 is 0 Å². The van der Waals surface area contributed by atoms with Crippen LogP contribution in [-0.4, -0.2) is 95.5 Å². The van der Waals surface area contributed by atoms with Gasteiger partial charge in [-0.1, -0.05) is 76.6 Å². The fourth-order valence-corrected chi connectivity index (χ4v) is 5.13. The third-order valence-electron chi connectivity index (χ3n) is 7.67. The number of hydrogen-bond acceptors (Lipinski definition) is 14. The number of alkyl carbamates (subject to hydrolysis) is 2. The molecular weight excluding hydrogens is 940 g/mol. The van der Waals surface area contributed by atoms with E-state index in [-0.39, 0.29) is 49.1 Å². The van der Waals surface area contributed by atoms with Crippen LogP contribution in [-0.2, 0) is 60.8 Å². The molecule has 16 nitrogen and oxygen atoms in total. The average molecular weight is 1020 g/mol. The van der Waals surface area contributed by atoms with Crippen molar-refractivity contribution in [1.29, 1.82) is 0 Å². The molecule has 2 aromatic carbocycles. The molecule has 2 amide bonds. The number of esters is 4. The highest BCUT2D eigenvalue weighted by Gasteiger charge is 2.26. The van der Waals surface area contributed by atoms with Gasteiger partial charge in [-0.05, 0) is 133 Å². The molecule has 0 unspecified atom stereocenters. The van der Waals surface area contributed by atoms with Crippen LogP contribution in [0.25, 0.3) is 0 Å². The van der Waals surface area contributed by atoms with E-state index in [1.807, 2.05) is 102 Å². The Balaban J connectivity index is 0. The molecule has 2 atom stereocenters. The van der Waals surface area contributed by atoms with Gasteiger partial charge in [0.05, 0.1) is 6.54 Å². The number of halogens is 2. The van der Waals surface area contributed by atoms with Crippen molar-refractivity contribution in [1.82, 2.24) is 16.0 Å².